The first-order chi connectivity index (χ1) is 12.5. The lowest BCUT2D eigenvalue weighted by Gasteiger charge is -2.26. The van der Waals surface area contributed by atoms with E-state index in [-0.39, 0.29) is 24.8 Å². The van der Waals surface area contributed by atoms with Crippen molar-refractivity contribution in [2.45, 2.75) is 26.0 Å². The minimum Gasteiger partial charge on any atom is -0.481 e. The maximum absolute atomic E-state index is 12.9. The van der Waals surface area contributed by atoms with Crippen molar-refractivity contribution in [2.24, 2.45) is 0 Å². The van der Waals surface area contributed by atoms with Gasteiger partial charge in [0.2, 0.25) is 0 Å². The van der Waals surface area contributed by atoms with Crippen LogP contribution in [0.25, 0.3) is 0 Å². The highest BCUT2D eigenvalue weighted by Gasteiger charge is 2.23. The van der Waals surface area contributed by atoms with Gasteiger partial charge in [0, 0.05) is 18.1 Å². The van der Waals surface area contributed by atoms with E-state index in [1.807, 2.05) is 30.3 Å². The number of carbonyl (C=O) groups is 2. The van der Waals surface area contributed by atoms with E-state index in [4.69, 9.17) is 16.3 Å². The summed E-state index contributed by atoms with van der Waals surface area (Å²) in [6.07, 6.45) is -0.589. The van der Waals surface area contributed by atoms with Crippen molar-refractivity contribution in [1.82, 2.24) is 4.90 Å². The summed E-state index contributed by atoms with van der Waals surface area (Å²) in [6.45, 7) is 2.32. The molecule has 2 aromatic rings. The number of nitrogens with zero attached hydrogens (tertiary/aromatic N) is 1. The van der Waals surface area contributed by atoms with Gasteiger partial charge in [-0.2, -0.15) is 0 Å². The Labute approximate surface area is 158 Å². The molecular weight excluding hydrogens is 354 g/mol. The molecule has 0 spiro atoms. The Morgan fingerprint density at radius 3 is 2.50 bits per heavy atom. The Balaban J connectivity index is 2.08. The van der Waals surface area contributed by atoms with Crippen molar-refractivity contribution in [2.75, 3.05) is 13.7 Å². The molecule has 0 bridgehead atoms. The van der Waals surface area contributed by atoms with E-state index in [1.165, 1.54) is 7.11 Å². The number of ether oxygens (including phenoxy) is 2. The SMILES string of the molecule is COC(=O)CCN(Cc1ccccc1)C(=O)C(C)Oc1cccc(Cl)c1. The molecule has 0 aliphatic rings. The maximum Gasteiger partial charge on any atom is 0.307 e. The molecule has 1 unspecified atom stereocenters. The van der Waals surface area contributed by atoms with Crippen LogP contribution in [0.3, 0.4) is 0 Å². The number of methoxy groups -OCH3 is 1. The Morgan fingerprint density at radius 2 is 1.85 bits per heavy atom. The fourth-order valence-corrected chi connectivity index (χ4v) is 2.63. The molecule has 138 valence electrons. The third-order valence-electron chi connectivity index (χ3n) is 3.80. The third-order valence-corrected chi connectivity index (χ3v) is 4.03. The molecule has 1 atom stereocenters. The lowest BCUT2D eigenvalue weighted by Crippen LogP contribution is -2.41. The summed E-state index contributed by atoms with van der Waals surface area (Å²) in [4.78, 5) is 25.9. The molecule has 26 heavy (non-hydrogen) atoms. The molecule has 2 aromatic carbocycles. The quantitative estimate of drug-likeness (QED) is 0.660. The van der Waals surface area contributed by atoms with Crippen LogP contribution < -0.4 is 4.74 Å². The zero-order chi connectivity index (χ0) is 18.9. The van der Waals surface area contributed by atoms with E-state index in [1.54, 1.807) is 36.1 Å². The van der Waals surface area contributed by atoms with Crippen molar-refractivity contribution < 1.29 is 19.1 Å². The van der Waals surface area contributed by atoms with Gasteiger partial charge in [-0.1, -0.05) is 48.0 Å². The molecule has 0 heterocycles. The van der Waals surface area contributed by atoms with Gasteiger partial charge in [0.05, 0.1) is 13.5 Å². The van der Waals surface area contributed by atoms with Crippen molar-refractivity contribution in [3.8, 4) is 5.75 Å². The number of rotatable bonds is 8. The van der Waals surface area contributed by atoms with Crippen LogP contribution in [0.2, 0.25) is 5.02 Å². The van der Waals surface area contributed by atoms with E-state index >= 15 is 0 Å². The molecule has 6 heteroatoms. The lowest BCUT2D eigenvalue weighted by molar-refractivity contribution is -0.143. The Morgan fingerprint density at radius 1 is 1.12 bits per heavy atom. The van der Waals surface area contributed by atoms with Gasteiger partial charge in [0.25, 0.3) is 5.91 Å². The minimum absolute atomic E-state index is 0.124. The summed E-state index contributed by atoms with van der Waals surface area (Å²) in [5.41, 5.74) is 0.973. The fraction of sp³-hybridized carbons (Fsp3) is 0.300. The molecule has 1 amide bonds. The van der Waals surface area contributed by atoms with E-state index in [0.29, 0.717) is 17.3 Å². The molecule has 0 fully saturated rings. The second-order valence-corrected chi connectivity index (χ2v) is 6.23. The monoisotopic (exact) mass is 375 g/mol. The number of hydrogen-bond acceptors (Lipinski definition) is 4. The number of esters is 1. The molecule has 0 aliphatic carbocycles. The van der Waals surface area contributed by atoms with Gasteiger partial charge in [-0.3, -0.25) is 9.59 Å². The summed E-state index contributed by atoms with van der Waals surface area (Å²) in [5.74, 6) is -0.0528. The molecule has 0 saturated heterocycles. The zero-order valence-corrected chi connectivity index (χ0v) is 15.6. The largest absolute Gasteiger partial charge is 0.481 e. The van der Waals surface area contributed by atoms with Crippen molar-refractivity contribution >= 4 is 23.5 Å². The number of carbonyl (C=O) groups excluding carboxylic acids is 2. The molecule has 0 N–H and O–H groups in total. The smallest absolute Gasteiger partial charge is 0.307 e. The molecule has 0 saturated carbocycles. The number of benzene rings is 2. The molecule has 5 nitrogen and oxygen atoms in total. The second-order valence-electron chi connectivity index (χ2n) is 5.79. The van der Waals surface area contributed by atoms with Crippen LogP contribution in [0.15, 0.2) is 54.6 Å². The van der Waals surface area contributed by atoms with Crippen LogP contribution in [0.1, 0.15) is 18.9 Å². The molecular formula is C20H22ClNO4. The number of hydrogen-bond donors (Lipinski definition) is 0. The number of amides is 1. The van der Waals surface area contributed by atoms with E-state index in [2.05, 4.69) is 4.74 Å². The third kappa shape index (κ3) is 6.08. The molecule has 2 rings (SSSR count). The van der Waals surface area contributed by atoms with Crippen LogP contribution in [-0.2, 0) is 20.9 Å². The fourth-order valence-electron chi connectivity index (χ4n) is 2.45. The molecule has 0 radical (unpaired) electrons. The average molecular weight is 376 g/mol. The Kier molecular flexibility index (Phi) is 7.48. The summed E-state index contributed by atoms with van der Waals surface area (Å²) in [7, 11) is 1.33. The average Bonchev–Trinajstić information content (AvgIpc) is 2.65. The topological polar surface area (TPSA) is 55.8 Å². The van der Waals surface area contributed by atoms with Crippen LogP contribution in [0, 0.1) is 0 Å². The number of halogens is 1. The van der Waals surface area contributed by atoms with Gasteiger partial charge in [0.15, 0.2) is 6.10 Å². The van der Waals surface area contributed by atoms with Crippen molar-refractivity contribution in [3.63, 3.8) is 0 Å². The van der Waals surface area contributed by atoms with Crippen LogP contribution in [0.4, 0.5) is 0 Å². The second kappa shape index (κ2) is 9.82. The van der Waals surface area contributed by atoms with E-state index in [9.17, 15) is 9.59 Å². The summed E-state index contributed by atoms with van der Waals surface area (Å²) in [5, 5.41) is 0.536. The van der Waals surface area contributed by atoms with E-state index in [0.717, 1.165) is 5.56 Å². The first-order valence-electron chi connectivity index (χ1n) is 8.31. The van der Waals surface area contributed by atoms with Crippen LogP contribution in [-0.4, -0.2) is 36.5 Å². The Bertz CT molecular complexity index is 736. The molecule has 0 aliphatic heterocycles. The van der Waals surface area contributed by atoms with Gasteiger partial charge in [0.1, 0.15) is 5.75 Å². The highest BCUT2D eigenvalue weighted by Crippen LogP contribution is 2.19. The van der Waals surface area contributed by atoms with E-state index < -0.39 is 6.10 Å². The molecule has 0 aromatic heterocycles. The van der Waals surface area contributed by atoms with Gasteiger partial charge >= 0.3 is 5.97 Å². The summed E-state index contributed by atoms with van der Waals surface area (Å²) >= 11 is 5.95. The predicted molar refractivity (Wildman–Crippen MR) is 100 cm³/mol. The Hall–Kier alpha value is -2.53. The highest BCUT2D eigenvalue weighted by atomic mass is 35.5. The lowest BCUT2D eigenvalue weighted by atomic mass is 10.2. The van der Waals surface area contributed by atoms with Crippen LogP contribution in [0.5, 0.6) is 5.75 Å². The van der Waals surface area contributed by atoms with Gasteiger partial charge in [-0.15, -0.1) is 0 Å². The van der Waals surface area contributed by atoms with Gasteiger partial charge in [-0.05, 0) is 30.7 Å². The van der Waals surface area contributed by atoms with Crippen molar-refractivity contribution in [1.29, 1.82) is 0 Å². The zero-order valence-electron chi connectivity index (χ0n) is 14.9. The van der Waals surface area contributed by atoms with Gasteiger partial charge < -0.3 is 14.4 Å². The van der Waals surface area contributed by atoms with Crippen molar-refractivity contribution in [3.05, 3.63) is 65.2 Å². The minimum atomic E-state index is -0.713. The highest BCUT2D eigenvalue weighted by molar-refractivity contribution is 6.30. The predicted octanol–water partition coefficient (Wildman–Crippen LogP) is 3.70. The normalized spacial score (nSPS) is 11.5. The maximum atomic E-state index is 12.9. The van der Waals surface area contributed by atoms with Gasteiger partial charge in [-0.25, -0.2) is 0 Å². The van der Waals surface area contributed by atoms with Crippen LogP contribution >= 0.6 is 11.6 Å². The standard InChI is InChI=1S/C20H22ClNO4/c1-15(26-18-10-6-9-17(21)13-18)20(24)22(12-11-19(23)25-2)14-16-7-4-3-5-8-16/h3-10,13,15H,11-12,14H2,1-2H3. The first-order valence-corrected chi connectivity index (χ1v) is 8.69. The first kappa shape index (κ1) is 19.8. The summed E-state index contributed by atoms with van der Waals surface area (Å²) < 4.78 is 10.4. The summed E-state index contributed by atoms with van der Waals surface area (Å²) in [6, 6.07) is 16.5.